The Balaban J connectivity index is 1.15. The molecule has 47 heavy (non-hydrogen) atoms. The Morgan fingerprint density at radius 2 is 1.94 bits per heavy atom. The first-order chi connectivity index (χ1) is 22.7. The number of pyridine rings is 2. The van der Waals surface area contributed by atoms with Gasteiger partial charge in [0.2, 0.25) is 0 Å². The molecular weight excluding hydrogens is 643 g/mol. The summed E-state index contributed by atoms with van der Waals surface area (Å²) in [5.41, 5.74) is 1.99. The third-order valence-electron chi connectivity index (χ3n) is 7.90. The highest BCUT2D eigenvalue weighted by Gasteiger charge is 2.37. The lowest BCUT2D eigenvalue weighted by Gasteiger charge is -2.30. The molecule has 1 N–H and O–H groups in total. The molecule has 0 amide bonds. The largest absolute Gasteiger partial charge is 0.489 e. The first-order valence-corrected chi connectivity index (χ1v) is 16.9. The molecule has 0 aliphatic carbocycles. The summed E-state index contributed by atoms with van der Waals surface area (Å²) in [6, 6.07) is 18.3. The molecule has 5 aromatic rings. The number of rotatable bonds is 13. The van der Waals surface area contributed by atoms with Crippen molar-refractivity contribution in [2.24, 2.45) is 0 Å². The van der Waals surface area contributed by atoms with E-state index in [4.69, 9.17) is 26.1 Å². The van der Waals surface area contributed by atoms with Gasteiger partial charge >= 0.3 is 0 Å². The van der Waals surface area contributed by atoms with E-state index in [0.717, 1.165) is 5.39 Å². The van der Waals surface area contributed by atoms with Gasteiger partial charge in [0.25, 0.3) is 0 Å². The summed E-state index contributed by atoms with van der Waals surface area (Å²) in [5.74, 6) is 0.650. The number of hydrogen-bond acceptors (Lipinski definition) is 10. The van der Waals surface area contributed by atoms with Crippen LogP contribution in [0.15, 0.2) is 103 Å². The van der Waals surface area contributed by atoms with Crippen molar-refractivity contribution >= 4 is 43.8 Å². The minimum absolute atomic E-state index is 0.0443. The lowest BCUT2D eigenvalue weighted by atomic mass is 9.91. The zero-order chi connectivity index (χ0) is 32.9. The van der Waals surface area contributed by atoms with Gasteiger partial charge in [-0.2, -0.15) is 0 Å². The zero-order valence-corrected chi connectivity index (χ0v) is 27.1. The minimum atomic E-state index is -3.49. The molecular formula is C34H32ClFN6O4S. The van der Waals surface area contributed by atoms with Crippen molar-refractivity contribution < 1.29 is 22.3 Å². The maximum Gasteiger partial charge on any atom is 0.196 e. The molecule has 1 atom stereocenters. The number of sulfone groups is 1. The fourth-order valence-corrected chi connectivity index (χ4v) is 6.75. The molecule has 0 spiro atoms. The van der Waals surface area contributed by atoms with E-state index in [2.05, 4.69) is 20.3 Å². The van der Waals surface area contributed by atoms with E-state index in [9.17, 15) is 12.8 Å². The lowest BCUT2D eigenvalue weighted by molar-refractivity contribution is 0.0209. The quantitative estimate of drug-likeness (QED) is 0.149. The van der Waals surface area contributed by atoms with E-state index in [-0.39, 0.29) is 23.2 Å². The average molecular weight is 675 g/mol. The van der Waals surface area contributed by atoms with Gasteiger partial charge in [0.15, 0.2) is 20.5 Å². The highest BCUT2D eigenvalue weighted by molar-refractivity contribution is 7.91. The monoisotopic (exact) mass is 674 g/mol. The molecule has 1 aliphatic rings. The van der Waals surface area contributed by atoms with E-state index in [0.29, 0.717) is 65.0 Å². The standard InChI is InChI=1S/C34H32ClFN6O4S/c1-42(15-17-47(43,44)32-8-2-3-13-37-32)14-12-34(11-5-16-46-34)31-20-27-29(21-38-31)39-23-40-33(27)41-26-9-10-30(28(35)19-26)45-22-24-6-4-7-25(36)18-24/h2-10,13,16,18-21,23H,11-12,14-15,17,22H2,1H3,(H,39,40,41). The zero-order valence-electron chi connectivity index (χ0n) is 25.5. The molecule has 13 heteroatoms. The number of anilines is 2. The maximum absolute atomic E-state index is 13.5. The van der Waals surface area contributed by atoms with Gasteiger partial charge in [-0.1, -0.05) is 29.8 Å². The highest BCUT2D eigenvalue weighted by Crippen LogP contribution is 2.39. The summed E-state index contributed by atoms with van der Waals surface area (Å²) >= 11 is 6.53. The van der Waals surface area contributed by atoms with Crippen molar-refractivity contribution in [3.63, 3.8) is 0 Å². The van der Waals surface area contributed by atoms with Crippen LogP contribution in [-0.4, -0.2) is 59.1 Å². The summed E-state index contributed by atoms with van der Waals surface area (Å²) in [7, 11) is -1.61. The Morgan fingerprint density at radius 3 is 2.70 bits per heavy atom. The van der Waals surface area contributed by atoms with Crippen LogP contribution in [0.4, 0.5) is 15.9 Å². The van der Waals surface area contributed by atoms with Crippen molar-refractivity contribution in [2.45, 2.75) is 30.1 Å². The number of nitrogens with one attached hydrogen (secondary N) is 1. The van der Waals surface area contributed by atoms with E-state index in [1.807, 2.05) is 30.2 Å². The van der Waals surface area contributed by atoms with Gasteiger partial charge in [0.05, 0.1) is 34.4 Å². The van der Waals surface area contributed by atoms with Gasteiger partial charge < -0.3 is 19.7 Å². The van der Waals surface area contributed by atoms with Crippen LogP contribution in [0.5, 0.6) is 5.75 Å². The van der Waals surface area contributed by atoms with Gasteiger partial charge in [0.1, 0.15) is 30.3 Å². The molecule has 0 radical (unpaired) electrons. The number of halogens is 2. The summed E-state index contributed by atoms with van der Waals surface area (Å²) < 4.78 is 51.0. The Labute approximate surface area is 277 Å². The van der Waals surface area contributed by atoms with Crippen LogP contribution in [0.1, 0.15) is 24.1 Å². The lowest BCUT2D eigenvalue weighted by Crippen LogP contribution is -2.34. The number of fused-ring (bicyclic) bond motifs is 1. The van der Waals surface area contributed by atoms with Crippen LogP contribution in [0.2, 0.25) is 5.02 Å². The summed E-state index contributed by atoms with van der Waals surface area (Å²) in [4.78, 5) is 19.6. The van der Waals surface area contributed by atoms with Crippen LogP contribution in [0.3, 0.4) is 0 Å². The molecule has 0 saturated heterocycles. The predicted molar refractivity (Wildman–Crippen MR) is 178 cm³/mol. The van der Waals surface area contributed by atoms with Gasteiger partial charge in [-0.05, 0) is 67.2 Å². The molecule has 1 aliphatic heterocycles. The van der Waals surface area contributed by atoms with Gasteiger partial charge in [-0.15, -0.1) is 0 Å². The maximum atomic E-state index is 13.5. The summed E-state index contributed by atoms with van der Waals surface area (Å²) in [5, 5.41) is 4.53. The molecule has 0 bridgehead atoms. The average Bonchev–Trinajstić information content (AvgIpc) is 3.57. The van der Waals surface area contributed by atoms with Gasteiger partial charge in [0, 0.05) is 43.2 Å². The molecule has 0 fully saturated rings. The molecule has 10 nitrogen and oxygen atoms in total. The molecule has 4 heterocycles. The van der Waals surface area contributed by atoms with E-state index >= 15 is 0 Å². The number of nitrogens with zero attached hydrogens (tertiary/aromatic N) is 5. The summed E-state index contributed by atoms with van der Waals surface area (Å²) in [6.07, 6.45) is 9.45. The summed E-state index contributed by atoms with van der Waals surface area (Å²) in [6.45, 7) is 1.09. The van der Waals surface area contributed by atoms with E-state index < -0.39 is 15.4 Å². The second-order valence-corrected chi connectivity index (χ2v) is 13.7. The second-order valence-electron chi connectivity index (χ2n) is 11.2. The smallest absolute Gasteiger partial charge is 0.196 e. The van der Waals surface area contributed by atoms with Crippen molar-refractivity contribution in [2.75, 3.05) is 31.2 Å². The first-order valence-electron chi connectivity index (χ1n) is 14.9. The normalized spacial score (nSPS) is 16.0. The minimum Gasteiger partial charge on any atom is -0.489 e. The molecule has 2 aromatic carbocycles. The Hall–Kier alpha value is -4.65. The fraction of sp³-hybridized carbons (Fsp3) is 0.235. The van der Waals surface area contributed by atoms with Crippen LogP contribution < -0.4 is 10.1 Å². The number of ether oxygens (including phenoxy) is 2. The van der Waals surface area contributed by atoms with Gasteiger partial charge in [-0.3, -0.25) is 4.98 Å². The highest BCUT2D eigenvalue weighted by atomic mass is 35.5. The Bertz CT molecular complexity index is 2010. The Kier molecular flexibility index (Phi) is 9.62. The molecule has 0 saturated carbocycles. The molecule has 1 unspecified atom stereocenters. The third kappa shape index (κ3) is 7.67. The predicted octanol–water partition coefficient (Wildman–Crippen LogP) is 6.46. The topological polar surface area (TPSA) is 119 Å². The number of aromatic nitrogens is 4. The van der Waals surface area contributed by atoms with E-state index in [1.54, 1.807) is 48.9 Å². The van der Waals surface area contributed by atoms with Crippen LogP contribution in [0, 0.1) is 5.82 Å². The van der Waals surface area contributed by atoms with Crippen molar-refractivity contribution in [3.8, 4) is 5.75 Å². The van der Waals surface area contributed by atoms with E-state index in [1.165, 1.54) is 30.7 Å². The second kappa shape index (κ2) is 14.0. The van der Waals surface area contributed by atoms with Crippen LogP contribution in [0.25, 0.3) is 10.9 Å². The van der Waals surface area contributed by atoms with Crippen molar-refractivity contribution in [1.29, 1.82) is 0 Å². The van der Waals surface area contributed by atoms with Crippen molar-refractivity contribution in [3.05, 3.63) is 120 Å². The Morgan fingerprint density at radius 1 is 1.04 bits per heavy atom. The van der Waals surface area contributed by atoms with Crippen LogP contribution in [-0.2, 0) is 26.8 Å². The molecule has 6 rings (SSSR count). The third-order valence-corrected chi connectivity index (χ3v) is 9.79. The first kappa shape index (κ1) is 32.3. The number of hydrogen-bond donors (Lipinski definition) is 1. The molecule has 242 valence electrons. The van der Waals surface area contributed by atoms with Crippen molar-refractivity contribution in [1.82, 2.24) is 24.8 Å². The molecule has 3 aromatic heterocycles. The van der Waals surface area contributed by atoms with Crippen LogP contribution >= 0.6 is 11.6 Å². The SMILES string of the molecule is CN(CCC1(c2cc3c(Nc4ccc(OCc5cccc(F)c5)c(Cl)c4)ncnc3cn2)CC=CO1)CCS(=O)(=O)c1ccccn1. The fourth-order valence-electron chi connectivity index (χ4n) is 5.24. The number of benzene rings is 2. The van der Waals surface area contributed by atoms with Gasteiger partial charge in [-0.25, -0.2) is 27.8 Å².